The molecule has 0 aliphatic heterocycles. The Hall–Kier alpha value is -2.41. The number of methoxy groups -OCH3 is 1. The average Bonchev–Trinajstić information content (AvgIpc) is 2.66. The molecule has 0 bridgehead atoms. The molecule has 0 aliphatic rings. The Balaban J connectivity index is 2.52. The summed E-state index contributed by atoms with van der Waals surface area (Å²) in [7, 11) is 1.57. The lowest BCUT2D eigenvalue weighted by Crippen LogP contribution is -2.42. The zero-order valence-corrected chi connectivity index (χ0v) is 21.8. The van der Waals surface area contributed by atoms with Gasteiger partial charge in [0, 0.05) is 24.6 Å². The number of fused-ring (bicyclic) bond motifs is 1. The zero-order chi connectivity index (χ0) is 25.2. The number of carbonyl (C=O) groups excluding carboxylic acids is 1. The molecule has 2 aromatic rings. The maximum Gasteiger partial charge on any atom is 0.273 e. The van der Waals surface area contributed by atoms with Crippen molar-refractivity contribution in [3.05, 3.63) is 34.2 Å². The molecule has 7 nitrogen and oxygen atoms in total. The molecule has 33 heavy (non-hydrogen) atoms. The van der Waals surface area contributed by atoms with Crippen LogP contribution in [0.4, 0.5) is 0 Å². The SMILES string of the molecule is COc1ccc2nc(C(C)(C)C)c(=O)n(CC(=O)N(CCC(C)(C)C)CCC(C)(C)O)c2c1. The van der Waals surface area contributed by atoms with Gasteiger partial charge < -0.3 is 14.7 Å². The van der Waals surface area contributed by atoms with Crippen molar-refractivity contribution in [2.24, 2.45) is 5.41 Å². The molecule has 184 valence electrons. The molecule has 1 aromatic carbocycles. The molecule has 1 aromatic heterocycles. The van der Waals surface area contributed by atoms with E-state index in [1.807, 2.05) is 26.8 Å². The number of aromatic nitrogens is 2. The monoisotopic (exact) mass is 459 g/mol. The quantitative estimate of drug-likeness (QED) is 0.642. The highest BCUT2D eigenvalue weighted by Gasteiger charge is 2.26. The summed E-state index contributed by atoms with van der Waals surface area (Å²) < 4.78 is 6.87. The summed E-state index contributed by atoms with van der Waals surface area (Å²) in [4.78, 5) is 33.3. The van der Waals surface area contributed by atoms with Crippen LogP contribution in [0, 0.1) is 5.41 Å². The molecule has 0 radical (unpaired) electrons. The maximum atomic E-state index is 13.5. The summed E-state index contributed by atoms with van der Waals surface area (Å²) in [5.41, 5.74) is 0.0708. The van der Waals surface area contributed by atoms with Crippen molar-refractivity contribution < 1.29 is 14.6 Å². The van der Waals surface area contributed by atoms with E-state index in [2.05, 4.69) is 25.8 Å². The lowest BCUT2D eigenvalue weighted by Gasteiger charge is -2.30. The van der Waals surface area contributed by atoms with Crippen molar-refractivity contribution in [3.63, 3.8) is 0 Å². The highest BCUT2D eigenvalue weighted by molar-refractivity contribution is 5.81. The number of hydrogen-bond acceptors (Lipinski definition) is 5. The summed E-state index contributed by atoms with van der Waals surface area (Å²) in [5, 5.41) is 10.2. The number of rotatable bonds is 8. The molecule has 0 spiro atoms. The average molecular weight is 460 g/mol. The summed E-state index contributed by atoms with van der Waals surface area (Å²) in [6, 6.07) is 5.37. The van der Waals surface area contributed by atoms with E-state index in [-0.39, 0.29) is 23.4 Å². The molecule has 1 amide bonds. The van der Waals surface area contributed by atoms with Crippen LogP contribution in [-0.4, -0.2) is 51.3 Å². The Morgan fingerprint density at radius 2 is 1.67 bits per heavy atom. The minimum Gasteiger partial charge on any atom is -0.497 e. The molecular weight excluding hydrogens is 418 g/mol. The van der Waals surface area contributed by atoms with Gasteiger partial charge in [0.1, 0.15) is 18.0 Å². The molecule has 0 saturated heterocycles. The largest absolute Gasteiger partial charge is 0.497 e. The van der Waals surface area contributed by atoms with E-state index >= 15 is 0 Å². The number of carbonyl (C=O) groups is 1. The van der Waals surface area contributed by atoms with Crippen LogP contribution >= 0.6 is 0 Å². The Bertz CT molecular complexity index is 1020. The van der Waals surface area contributed by atoms with Gasteiger partial charge in [-0.3, -0.25) is 14.2 Å². The lowest BCUT2D eigenvalue weighted by molar-refractivity contribution is -0.132. The van der Waals surface area contributed by atoms with Gasteiger partial charge in [0.05, 0.1) is 23.7 Å². The van der Waals surface area contributed by atoms with Crippen LogP contribution in [0.15, 0.2) is 23.0 Å². The highest BCUT2D eigenvalue weighted by atomic mass is 16.5. The van der Waals surface area contributed by atoms with Crippen LogP contribution in [0.2, 0.25) is 0 Å². The number of hydrogen-bond donors (Lipinski definition) is 1. The van der Waals surface area contributed by atoms with Gasteiger partial charge in [0.2, 0.25) is 5.91 Å². The molecule has 1 N–H and O–H groups in total. The van der Waals surface area contributed by atoms with Crippen molar-refractivity contribution in [3.8, 4) is 5.75 Å². The van der Waals surface area contributed by atoms with Crippen LogP contribution in [0.3, 0.4) is 0 Å². The van der Waals surface area contributed by atoms with Gasteiger partial charge in [-0.1, -0.05) is 41.5 Å². The van der Waals surface area contributed by atoms with E-state index < -0.39 is 11.0 Å². The number of nitrogens with zero attached hydrogens (tertiary/aromatic N) is 3. The van der Waals surface area contributed by atoms with Gasteiger partial charge in [-0.2, -0.15) is 0 Å². The minimum atomic E-state index is -0.882. The minimum absolute atomic E-state index is 0.0558. The molecule has 7 heteroatoms. The van der Waals surface area contributed by atoms with Crippen molar-refractivity contribution in [2.45, 2.75) is 85.8 Å². The summed E-state index contributed by atoms with van der Waals surface area (Å²) in [6.45, 7) is 16.6. The van der Waals surface area contributed by atoms with Crippen molar-refractivity contribution >= 4 is 16.9 Å². The first-order chi connectivity index (χ1) is 15.0. The Labute approximate surface area is 197 Å². The van der Waals surface area contributed by atoms with Crippen molar-refractivity contribution in [1.82, 2.24) is 14.5 Å². The first-order valence-corrected chi connectivity index (χ1v) is 11.6. The summed E-state index contributed by atoms with van der Waals surface area (Å²) >= 11 is 0. The second-order valence-electron chi connectivity index (χ2n) is 11.7. The summed E-state index contributed by atoms with van der Waals surface area (Å²) in [6.07, 6.45) is 1.27. The predicted octanol–water partition coefficient (Wildman–Crippen LogP) is 4.13. The highest BCUT2D eigenvalue weighted by Crippen LogP contribution is 2.24. The third-order valence-electron chi connectivity index (χ3n) is 5.64. The third kappa shape index (κ3) is 7.56. The molecule has 0 aliphatic carbocycles. The van der Waals surface area contributed by atoms with Crippen LogP contribution in [-0.2, 0) is 16.8 Å². The molecule has 0 fully saturated rings. The van der Waals surface area contributed by atoms with E-state index in [0.717, 1.165) is 6.42 Å². The standard InChI is InChI=1S/C26H41N3O4/c1-24(2,3)12-14-28(15-13-26(7,8)32)21(30)17-29-20-16-18(33-9)10-11-19(20)27-22(23(29)31)25(4,5)6/h10-11,16,32H,12-15,17H2,1-9H3. The van der Waals surface area contributed by atoms with Gasteiger partial charge in [-0.05, 0) is 44.2 Å². The van der Waals surface area contributed by atoms with Gasteiger partial charge >= 0.3 is 0 Å². The fourth-order valence-electron chi connectivity index (χ4n) is 3.47. The van der Waals surface area contributed by atoms with Crippen LogP contribution in [0.1, 0.15) is 73.9 Å². The first kappa shape index (κ1) is 26.8. The third-order valence-corrected chi connectivity index (χ3v) is 5.64. The summed E-state index contributed by atoms with van der Waals surface area (Å²) in [5.74, 6) is 0.445. The second kappa shape index (κ2) is 9.84. The fourth-order valence-corrected chi connectivity index (χ4v) is 3.47. The van der Waals surface area contributed by atoms with E-state index in [0.29, 0.717) is 42.0 Å². The molecule has 2 rings (SSSR count). The Kier molecular flexibility index (Phi) is 8.00. The normalized spacial score (nSPS) is 12.8. The first-order valence-electron chi connectivity index (χ1n) is 11.6. The van der Waals surface area contributed by atoms with Crippen LogP contribution < -0.4 is 10.3 Å². The number of amides is 1. The number of aliphatic hydroxyl groups is 1. The topological polar surface area (TPSA) is 84.7 Å². The fraction of sp³-hybridized carbons (Fsp3) is 0.654. The van der Waals surface area contributed by atoms with Crippen LogP contribution in [0.5, 0.6) is 5.75 Å². The molecule has 1 heterocycles. The van der Waals surface area contributed by atoms with Crippen LogP contribution in [0.25, 0.3) is 11.0 Å². The van der Waals surface area contributed by atoms with E-state index in [1.165, 1.54) is 4.57 Å². The number of benzene rings is 1. The Morgan fingerprint density at radius 3 is 2.18 bits per heavy atom. The zero-order valence-electron chi connectivity index (χ0n) is 21.8. The lowest BCUT2D eigenvalue weighted by atomic mass is 9.92. The molecule has 0 atom stereocenters. The van der Waals surface area contributed by atoms with Gasteiger partial charge in [0.15, 0.2) is 0 Å². The van der Waals surface area contributed by atoms with Crippen molar-refractivity contribution in [1.29, 1.82) is 0 Å². The van der Waals surface area contributed by atoms with Gasteiger partial charge in [0.25, 0.3) is 5.56 Å². The van der Waals surface area contributed by atoms with E-state index in [9.17, 15) is 14.7 Å². The van der Waals surface area contributed by atoms with Crippen molar-refractivity contribution in [2.75, 3.05) is 20.2 Å². The second-order valence-corrected chi connectivity index (χ2v) is 11.7. The Morgan fingerprint density at radius 1 is 1.06 bits per heavy atom. The van der Waals surface area contributed by atoms with Gasteiger partial charge in [-0.15, -0.1) is 0 Å². The van der Waals surface area contributed by atoms with E-state index in [1.54, 1.807) is 38.0 Å². The molecule has 0 unspecified atom stereocenters. The maximum absolute atomic E-state index is 13.5. The molecular formula is C26H41N3O4. The van der Waals surface area contributed by atoms with E-state index in [4.69, 9.17) is 4.74 Å². The molecule has 0 saturated carbocycles. The smallest absolute Gasteiger partial charge is 0.273 e. The predicted molar refractivity (Wildman–Crippen MR) is 133 cm³/mol. The van der Waals surface area contributed by atoms with Gasteiger partial charge in [-0.25, -0.2) is 4.98 Å². The number of ether oxygens (including phenoxy) is 1.